The molecule has 5 nitrogen and oxygen atoms in total. The van der Waals surface area contributed by atoms with Crippen LogP contribution in [-0.2, 0) is 11.3 Å². The number of nitrogens with zero attached hydrogens (tertiary/aromatic N) is 2. The second kappa shape index (κ2) is 6.79. The summed E-state index contributed by atoms with van der Waals surface area (Å²) in [5, 5.41) is 7.46. The van der Waals surface area contributed by atoms with Crippen molar-refractivity contribution in [2.24, 2.45) is 5.73 Å². The fraction of sp³-hybridized carbons (Fsp3) is 0.111. The zero-order chi connectivity index (χ0) is 16.1. The smallest absolute Gasteiger partial charge is 0.244 e. The molecule has 0 fully saturated rings. The second-order valence-corrected chi connectivity index (χ2v) is 5.30. The highest BCUT2D eigenvalue weighted by Gasteiger charge is 2.17. The van der Waals surface area contributed by atoms with Crippen LogP contribution in [0.1, 0.15) is 17.2 Å². The molecule has 0 spiro atoms. The van der Waals surface area contributed by atoms with E-state index in [1.807, 2.05) is 71.5 Å². The van der Waals surface area contributed by atoms with Gasteiger partial charge in [0.25, 0.3) is 0 Å². The number of hydrogen-bond acceptors (Lipinski definition) is 3. The van der Waals surface area contributed by atoms with Crippen molar-refractivity contribution >= 4 is 11.6 Å². The molecule has 3 aromatic rings. The second-order valence-electron chi connectivity index (χ2n) is 5.30. The molecular formula is C18H18N4O. The fourth-order valence-electron chi connectivity index (χ4n) is 2.43. The Balaban J connectivity index is 1.73. The molecule has 1 aromatic heterocycles. The lowest BCUT2D eigenvalue weighted by Gasteiger charge is -2.15. The zero-order valence-corrected chi connectivity index (χ0v) is 12.6. The third-order valence-electron chi connectivity index (χ3n) is 3.55. The van der Waals surface area contributed by atoms with Crippen molar-refractivity contribution < 1.29 is 4.79 Å². The van der Waals surface area contributed by atoms with Gasteiger partial charge >= 0.3 is 0 Å². The summed E-state index contributed by atoms with van der Waals surface area (Å²) in [7, 11) is 0. The Hall–Kier alpha value is -3.08. The normalized spacial score (nSPS) is 11.8. The molecule has 0 saturated carbocycles. The highest BCUT2D eigenvalue weighted by atomic mass is 16.1. The topological polar surface area (TPSA) is 72.9 Å². The molecule has 1 amide bonds. The Morgan fingerprint density at radius 1 is 1.09 bits per heavy atom. The van der Waals surface area contributed by atoms with Crippen molar-refractivity contribution in [2.45, 2.75) is 12.6 Å². The number of anilines is 1. The third kappa shape index (κ3) is 3.77. The lowest BCUT2D eigenvalue weighted by molar-refractivity contribution is -0.118. The lowest BCUT2D eigenvalue weighted by Crippen LogP contribution is -2.27. The average molecular weight is 306 g/mol. The van der Waals surface area contributed by atoms with Gasteiger partial charge in [0, 0.05) is 6.20 Å². The van der Waals surface area contributed by atoms with E-state index < -0.39 is 11.9 Å². The van der Waals surface area contributed by atoms with Crippen LogP contribution in [0.25, 0.3) is 0 Å². The van der Waals surface area contributed by atoms with Crippen LogP contribution in [0.4, 0.5) is 5.69 Å². The third-order valence-corrected chi connectivity index (χ3v) is 3.55. The van der Waals surface area contributed by atoms with Crippen LogP contribution in [0.3, 0.4) is 0 Å². The first-order chi connectivity index (χ1) is 11.2. The van der Waals surface area contributed by atoms with Gasteiger partial charge in [0.2, 0.25) is 5.91 Å². The lowest BCUT2D eigenvalue weighted by atomic mass is 10.1. The van der Waals surface area contributed by atoms with Crippen LogP contribution in [0.15, 0.2) is 73.1 Å². The molecule has 23 heavy (non-hydrogen) atoms. The summed E-state index contributed by atoms with van der Waals surface area (Å²) in [6.07, 6.45) is 3.56. The molecule has 0 aliphatic carbocycles. The maximum atomic E-state index is 11.7. The number of carbonyl (C=O) groups is 1. The van der Waals surface area contributed by atoms with E-state index >= 15 is 0 Å². The van der Waals surface area contributed by atoms with Gasteiger partial charge in [-0.15, -0.1) is 0 Å². The number of nitrogens with one attached hydrogen (secondary N) is 1. The molecule has 0 bridgehead atoms. The van der Waals surface area contributed by atoms with E-state index in [-0.39, 0.29) is 0 Å². The number of rotatable bonds is 6. The quantitative estimate of drug-likeness (QED) is 0.735. The maximum Gasteiger partial charge on any atom is 0.244 e. The number of benzene rings is 2. The fourth-order valence-corrected chi connectivity index (χ4v) is 2.43. The first-order valence-electron chi connectivity index (χ1n) is 7.39. The van der Waals surface area contributed by atoms with Crippen LogP contribution in [0.2, 0.25) is 0 Å². The van der Waals surface area contributed by atoms with Crippen molar-refractivity contribution in [2.75, 3.05) is 5.32 Å². The van der Waals surface area contributed by atoms with E-state index in [0.717, 1.165) is 16.8 Å². The summed E-state index contributed by atoms with van der Waals surface area (Å²) < 4.78 is 1.82. The molecule has 1 heterocycles. The van der Waals surface area contributed by atoms with Crippen LogP contribution >= 0.6 is 0 Å². The first-order valence-corrected chi connectivity index (χ1v) is 7.39. The summed E-state index contributed by atoms with van der Waals surface area (Å²) in [6.45, 7) is 0.676. The largest absolute Gasteiger partial charge is 0.368 e. The van der Waals surface area contributed by atoms with E-state index in [0.29, 0.717) is 6.54 Å². The molecule has 3 N–H and O–H groups in total. The zero-order valence-electron chi connectivity index (χ0n) is 12.6. The average Bonchev–Trinajstić information content (AvgIpc) is 3.01. The van der Waals surface area contributed by atoms with Crippen LogP contribution in [0.5, 0.6) is 0 Å². The Morgan fingerprint density at radius 3 is 2.39 bits per heavy atom. The Kier molecular flexibility index (Phi) is 4.38. The van der Waals surface area contributed by atoms with Gasteiger partial charge in [-0.25, -0.2) is 0 Å². The van der Waals surface area contributed by atoms with Crippen LogP contribution in [0, 0.1) is 0 Å². The van der Waals surface area contributed by atoms with Gasteiger partial charge in [0.15, 0.2) is 0 Å². The maximum absolute atomic E-state index is 11.7. The molecule has 0 aliphatic heterocycles. The van der Waals surface area contributed by atoms with Gasteiger partial charge in [-0.3, -0.25) is 9.48 Å². The van der Waals surface area contributed by atoms with E-state index in [2.05, 4.69) is 10.4 Å². The van der Waals surface area contributed by atoms with Crippen LogP contribution < -0.4 is 11.1 Å². The van der Waals surface area contributed by atoms with Crippen LogP contribution in [-0.4, -0.2) is 15.7 Å². The van der Waals surface area contributed by atoms with Gasteiger partial charge in [-0.1, -0.05) is 60.7 Å². The number of carbonyl (C=O) groups excluding carboxylic acids is 1. The summed E-state index contributed by atoms with van der Waals surface area (Å²) >= 11 is 0. The van der Waals surface area contributed by atoms with E-state index in [9.17, 15) is 4.79 Å². The highest BCUT2D eigenvalue weighted by molar-refractivity contribution is 5.84. The molecule has 0 saturated heterocycles. The van der Waals surface area contributed by atoms with Crippen molar-refractivity contribution in [3.05, 3.63) is 84.2 Å². The minimum atomic E-state index is -0.578. The van der Waals surface area contributed by atoms with E-state index in [4.69, 9.17) is 5.73 Å². The number of nitrogens with two attached hydrogens (primary N) is 1. The SMILES string of the molecule is NC(=O)[C@@H](Nc1cnn(Cc2ccccc2)c1)c1ccccc1. The van der Waals surface area contributed by atoms with Gasteiger partial charge in [-0.2, -0.15) is 5.10 Å². The number of amides is 1. The Bertz CT molecular complexity index is 768. The van der Waals surface area contributed by atoms with E-state index in [1.54, 1.807) is 6.20 Å². The summed E-state index contributed by atoms with van der Waals surface area (Å²) in [6, 6.07) is 18.9. The summed E-state index contributed by atoms with van der Waals surface area (Å²) in [5.74, 6) is -0.424. The number of primary amides is 1. The van der Waals surface area contributed by atoms with Gasteiger partial charge in [0.1, 0.15) is 6.04 Å². The number of aromatic nitrogens is 2. The monoisotopic (exact) mass is 306 g/mol. The Morgan fingerprint density at radius 2 is 1.74 bits per heavy atom. The summed E-state index contributed by atoms with van der Waals surface area (Å²) in [4.78, 5) is 11.7. The minimum Gasteiger partial charge on any atom is -0.368 e. The van der Waals surface area contributed by atoms with Crippen molar-refractivity contribution in [1.82, 2.24) is 9.78 Å². The summed E-state index contributed by atoms with van der Waals surface area (Å²) in [5.41, 5.74) is 8.27. The van der Waals surface area contributed by atoms with E-state index in [1.165, 1.54) is 0 Å². The minimum absolute atomic E-state index is 0.424. The molecule has 3 rings (SSSR count). The predicted octanol–water partition coefficient (Wildman–Crippen LogP) is 2.57. The standard InChI is InChI=1S/C18H18N4O/c19-18(23)17(15-9-5-2-6-10-15)21-16-11-20-22(13-16)12-14-7-3-1-4-8-14/h1-11,13,17,21H,12H2,(H2,19,23)/t17-/m0/s1. The van der Waals surface area contributed by atoms with Crippen molar-refractivity contribution in [1.29, 1.82) is 0 Å². The molecule has 1 atom stereocenters. The molecule has 2 aromatic carbocycles. The van der Waals surface area contributed by atoms with Crippen molar-refractivity contribution in [3.8, 4) is 0 Å². The van der Waals surface area contributed by atoms with Crippen molar-refractivity contribution in [3.63, 3.8) is 0 Å². The van der Waals surface area contributed by atoms with Gasteiger partial charge < -0.3 is 11.1 Å². The molecule has 0 unspecified atom stereocenters. The van der Waals surface area contributed by atoms with Gasteiger partial charge in [0.05, 0.1) is 18.4 Å². The molecular weight excluding hydrogens is 288 g/mol. The van der Waals surface area contributed by atoms with Gasteiger partial charge in [-0.05, 0) is 11.1 Å². The highest BCUT2D eigenvalue weighted by Crippen LogP contribution is 2.19. The molecule has 116 valence electrons. The molecule has 0 radical (unpaired) electrons. The molecule has 0 aliphatic rings. The predicted molar refractivity (Wildman–Crippen MR) is 89.8 cm³/mol. The molecule has 5 heteroatoms. The first kappa shape index (κ1) is 14.8. The number of hydrogen-bond donors (Lipinski definition) is 2. The Labute approximate surface area is 134 Å².